The first kappa shape index (κ1) is 22.5. The van der Waals surface area contributed by atoms with Crippen LogP contribution >= 0.6 is 0 Å². The lowest BCUT2D eigenvalue weighted by atomic mass is 9.79. The molecule has 3 heterocycles. The molecule has 0 bridgehead atoms. The van der Waals surface area contributed by atoms with Gasteiger partial charge in [-0.15, -0.1) is 0 Å². The highest BCUT2D eigenvalue weighted by atomic mass is 16.5. The third-order valence-corrected chi connectivity index (χ3v) is 7.39. The summed E-state index contributed by atoms with van der Waals surface area (Å²) in [6.45, 7) is 6.19. The number of anilines is 1. The monoisotopic (exact) mass is 464 g/mol. The van der Waals surface area contributed by atoms with E-state index in [4.69, 9.17) is 4.74 Å². The van der Waals surface area contributed by atoms with Gasteiger partial charge in [0.25, 0.3) is 5.91 Å². The minimum Gasteiger partial charge on any atom is -0.494 e. The average Bonchev–Trinajstić information content (AvgIpc) is 3.30. The van der Waals surface area contributed by atoms with E-state index < -0.39 is 6.09 Å². The molecule has 180 valence electrons. The number of ether oxygens (including phenoxy) is 1. The third-order valence-electron chi connectivity index (χ3n) is 7.39. The number of nitrogens with one attached hydrogen (secondary N) is 1. The van der Waals surface area contributed by atoms with Gasteiger partial charge in [0, 0.05) is 49.9 Å². The lowest BCUT2D eigenvalue weighted by Crippen LogP contribution is -2.47. The van der Waals surface area contributed by atoms with Gasteiger partial charge in [0.15, 0.2) is 0 Å². The number of carbonyl (C=O) groups is 2. The smallest absolute Gasteiger partial charge is 0.407 e. The molecule has 8 nitrogen and oxygen atoms in total. The highest BCUT2D eigenvalue weighted by Crippen LogP contribution is 2.51. The fourth-order valence-electron chi connectivity index (χ4n) is 5.59. The molecular formula is C26H32N4O4. The number of amides is 2. The first-order chi connectivity index (χ1) is 16.5. The Morgan fingerprint density at radius 1 is 1.06 bits per heavy atom. The second-order valence-electron chi connectivity index (χ2n) is 9.39. The van der Waals surface area contributed by atoms with Crippen molar-refractivity contribution in [1.82, 2.24) is 14.7 Å². The summed E-state index contributed by atoms with van der Waals surface area (Å²) in [7, 11) is 2.06. The van der Waals surface area contributed by atoms with Crippen molar-refractivity contribution >= 4 is 17.7 Å². The lowest BCUT2D eigenvalue weighted by molar-refractivity contribution is 0.0664. The van der Waals surface area contributed by atoms with Crippen LogP contribution < -0.4 is 10.1 Å². The molecule has 3 aliphatic rings. The molecule has 2 saturated heterocycles. The Morgan fingerprint density at radius 2 is 1.79 bits per heavy atom. The Morgan fingerprint density at radius 3 is 2.47 bits per heavy atom. The maximum absolute atomic E-state index is 13.2. The van der Waals surface area contributed by atoms with E-state index in [0.29, 0.717) is 31.8 Å². The van der Waals surface area contributed by atoms with Gasteiger partial charge in [-0.25, -0.2) is 4.79 Å². The molecule has 2 aromatic rings. The van der Waals surface area contributed by atoms with Crippen LogP contribution in [0.4, 0.5) is 10.5 Å². The van der Waals surface area contributed by atoms with Gasteiger partial charge in [-0.05, 0) is 61.9 Å². The zero-order chi connectivity index (χ0) is 23.8. The van der Waals surface area contributed by atoms with Gasteiger partial charge >= 0.3 is 6.09 Å². The molecule has 3 aliphatic heterocycles. The molecule has 2 N–H and O–H groups in total. The van der Waals surface area contributed by atoms with E-state index >= 15 is 0 Å². The van der Waals surface area contributed by atoms with E-state index in [1.54, 1.807) is 0 Å². The van der Waals surface area contributed by atoms with Crippen LogP contribution in [-0.4, -0.2) is 78.2 Å². The molecule has 5 rings (SSSR count). The Labute approximate surface area is 200 Å². The maximum Gasteiger partial charge on any atom is 0.407 e. The lowest BCUT2D eigenvalue weighted by Gasteiger charge is -2.39. The molecule has 34 heavy (non-hydrogen) atoms. The van der Waals surface area contributed by atoms with Crippen molar-refractivity contribution in [1.29, 1.82) is 0 Å². The molecule has 8 heteroatoms. The van der Waals surface area contributed by atoms with Crippen molar-refractivity contribution in [3.63, 3.8) is 0 Å². The molecule has 0 saturated carbocycles. The van der Waals surface area contributed by atoms with Crippen molar-refractivity contribution in [2.45, 2.75) is 25.4 Å². The summed E-state index contributed by atoms with van der Waals surface area (Å²) < 4.78 is 5.59. The van der Waals surface area contributed by atoms with Crippen LogP contribution in [0.5, 0.6) is 5.75 Å². The predicted octanol–water partition coefficient (Wildman–Crippen LogP) is 3.68. The van der Waals surface area contributed by atoms with Gasteiger partial charge in [0.2, 0.25) is 0 Å². The van der Waals surface area contributed by atoms with E-state index in [-0.39, 0.29) is 23.9 Å². The summed E-state index contributed by atoms with van der Waals surface area (Å²) in [5.74, 6) is 0.918. The minimum absolute atomic E-state index is 0.0148. The first-order valence-corrected chi connectivity index (χ1v) is 12.1. The molecule has 3 unspecified atom stereocenters. The normalized spacial score (nSPS) is 24.2. The molecule has 2 fully saturated rings. The fraction of sp³-hybridized carbons (Fsp3) is 0.462. The van der Waals surface area contributed by atoms with Gasteiger partial charge in [0.1, 0.15) is 5.75 Å². The summed E-state index contributed by atoms with van der Waals surface area (Å²) in [4.78, 5) is 31.0. The van der Waals surface area contributed by atoms with Crippen LogP contribution in [0.3, 0.4) is 0 Å². The number of rotatable bonds is 4. The number of likely N-dealkylation sites (tertiary alicyclic amines) is 1. The molecule has 2 amide bonds. The summed E-state index contributed by atoms with van der Waals surface area (Å²) in [6.07, 6.45) is -0.153. The van der Waals surface area contributed by atoms with Crippen molar-refractivity contribution < 1.29 is 19.4 Å². The van der Waals surface area contributed by atoms with E-state index in [1.807, 2.05) is 42.2 Å². The zero-order valence-corrected chi connectivity index (χ0v) is 19.7. The standard InChI is InChI=1S/C26H32N4O4/c1-3-34-19-7-4-17(5-8-19)23-20-10-11-30(26(32)33)24(20)21-16-18(6-9-22(21)27-23)25(31)29-14-12-28(2)13-15-29/h4-9,16,20,23-24,27H,3,10-15H2,1-2H3,(H,32,33). The fourth-order valence-corrected chi connectivity index (χ4v) is 5.59. The van der Waals surface area contributed by atoms with E-state index in [0.717, 1.165) is 42.1 Å². The average molecular weight is 465 g/mol. The molecular weight excluding hydrogens is 432 g/mol. The van der Waals surface area contributed by atoms with E-state index in [9.17, 15) is 14.7 Å². The molecule has 0 aliphatic carbocycles. The maximum atomic E-state index is 13.2. The molecule has 3 atom stereocenters. The van der Waals surface area contributed by atoms with Crippen molar-refractivity contribution in [2.24, 2.45) is 5.92 Å². The minimum atomic E-state index is -0.915. The summed E-state index contributed by atoms with van der Waals surface area (Å²) in [5.41, 5.74) is 3.52. The zero-order valence-electron chi connectivity index (χ0n) is 19.7. The van der Waals surface area contributed by atoms with Gasteiger partial charge in [-0.3, -0.25) is 4.79 Å². The number of carbonyl (C=O) groups excluding carboxylic acids is 1. The highest BCUT2D eigenvalue weighted by molar-refractivity contribution is 5.95. The molecule has 2 aromatic carbocycles. The second-order valence-corrected chi connectivity index (χ2v) is 9.39. The van der Waals surface area contributed by atoms with Crippen LogP contribution in [0.25, 0.3) is 0 Å². The van der Waals surface area contributed by atoms with Crippen LogP contribution in [0, 0.1) is 5.92 Å². The van der Waals surface area contributed by atoms with Crippen LogP contribution in [-0.2, 0) is 0 Å². The number of benzene rings is 2. The molecule has 0 aromatic heterocycles. The number of hydrogen-bond acceptors (Lipinski definition) is 5. The molecule has 0 radical (unpaired) electrons. The Bertz CT molecular complexity index is 1060. The summed E-state index contributed by atoms with van der Waals surface area (Å²) >= 11 is 0. The summed E-state index contributed by atoms with van der Waals surface area (Å²) in [6, 6.07) is 13.5. The first-order valence-electron chi connectivity index (χ1n) is 12.1. The van der Waals surface area contributed by atoms with Gasteiger partial charge in [-0.2, -0.15) is 0 Å². The Hall–Kier alpha value is -3.26. The van der Waals surface area contributed by atoms with Crippen molar-refractivity contribution in [3.05, 3.63) is 59.2 Å². The SMILES string of the molecule is CCOc1ccc(C2Nc3ccc(C(=O)N4CCN(C)CC4)cc3C3C2CCN3C(=O)O)cc1. The predicted molar refractivity (Wildman–Crippen MR) is 129 cm³/mol. The van der Waals surface area contributed by atoms with Crippen molar-refractivity contribution in [3.8, 4) is 5.75 Å². The number of carboxylic acid groups (broad SMARTS) is 1. The molecule has 0 spiro atoms. The number of piperazine rings is 1. The summed E-state index contributed by atoms with van der Waals surface area (Å²) in [5, 5.41) is 13.6. The third kappa shape index (κ3) is 4.07. The highest BCUT2D eigenvalue weighted by Gasteiger charge is 2.46. The quantitative estimate of drug-likeness (QED) is 0.718. The van der Waals surface area contributed by atoms with Gasteiger partial charge < -0.3 is 29.9 Å². The number of fused-ring (bicyclic) bond motifs is 3. The second kappa shape index (κ2) is 9.18. The topological polar surface area (TPSA) is 85.4 Å². The van der Waals surface area contributed by atoms with Crippen LogP contribution in [0.1, 0.15) is 46.9 Å². The largest absolute Gasteiger partial charge is 0.494 e. The number of nitrogens with zero attached hydrogens (tertiary/aromatic N) is 3. The van der Waals surface area contributed by atoms with E-state index in [1.165, 1.54) is 4.90 Å². The van der Waals surface area contributed by atoms with Crippen LogP contribution in [0.2, 0.25) is 0 Å². The van der Waals surface area contributed by atoms with E-state index in [2.05, 4.69) is 29.4 Å². The Balaban J connectivity index is 1.47. The number of likely N-dealkylation sites (N-methyl/N-ethyl adjacent to an activating group) is 1. The van der Waals surface area contributed by atoms with Gasteiger partial charge in [0.05, 0.1) is 18.7 Å². The Kier molecular flexibility index (Phi) is 6.08. The van der Waals surface area contributed by atoms with Gasteiger partial charge in [-0.1, -0.05) is 12.1 Å². The number of hydrogen-bond donors (Lipinski definition) is 2. The van der Waals surface area contributed by atoms with Crippen LogP contribution in [0.15, 0.2) is 42.5 Å². The van der Waals surface area contributed by atoms with Crippen molar-refractivity contribution in [2.75, 3.05) is 51.7 Å².